The molecule has 1 saturated heterocycles. The highest BCUT2D eigenvalue weighted by atomic mass is 32.2. The van der Waals surface area contributed by atoms with Gasteiger partial charge in [-0.3, -0.25) is 14.3 Å². The van der Waals surface area contributed by atoms with Crippen LogP contribution in [0.1, 0.15) is 76.0 Å². The summed E-state index contributed by atoms with van der Waals surface area (Å²) in [5.41, 5.74) is -1.89. The molecule has 0 amide bonds. The summed E-state index contributed by atoms with van der Waals surface area (Å²) in [6, 6.07) is 0. The molecule has 1 aromatic rings. The van der Waals surface area contributed by atoms with Crippen molar-refractivity contribution in [3.05, 3.63) is 32.9 Å². The maximum atomic E-state index is 13.8. The number of carbonyl (C=O) groups excluding carboxylic acids is 2. The molecule has 0 unspecified atom stereocenters. The third kappa shape index (κ3) is 7.02. The lowest BCUT2D eigenvalue weighted by Gasteiger charge is -2.24. The molecule has 2 saturated carbocycles. The highest BCUT2D eigenvalue weighted by molar-refractivity contribution is 8.00. The average molecular weight is 515 g/mol. The van der Waals surface area contributed by atoms with Crippen molar-refractivity contribution in [2.24, 2.45) is 0 Å². The topological polar surface area (TPSA) is 126 Å². The largest absolute Gasteiger partial charge is 0.508 e. The number of carbonyl (C=O) groups is 2. The highest BCUT2D eigenvalue weighted by Gasteiger charge is 2.41. The van der Waals surface area contributed by atoms with Crippen LogP contribution < -0.4 is 11.2 Å². The quantitative estimate of drug-likeness (QED) is 0.560. The predicted octanol–water partition coefficient (Wildman–Crippen LogP) is 4.02. The summed E-state index contributed by atoms with van der Waals surface area (Å²) in [7, 11) is 0. The van der Waals surface area contributed by atoms with Gasteiger partial charge in [-0.05, 0) is 51.4 Å². The fourth-order valence-corrected chi connectivity index (χ4v) is 6.27. The normalized spacial score (nSPS) is 25.7. The summed E-state index contributed by atoms with van der Waals surface area (Å²) in [6.07, 6.45) is 7.60. The Morgan fingerprint density at radius 3 is 2.17 bits per heavy atom. The molecule has 1 aliphatic heterocycles. The maximum Gasteiger partial charge on any atom is 0.508 e. The Hall–Kier alpha value is -2.50. The molecular weight excluding hydrogens is 483 g/mol. The van der Waals surface area contributed by atoms with Gasteiger partial charge in [0.05, 0.1) is 16.8 Å². The van der Waals surface area contributed by atoms with E-state index in [0.29, 0.717) is 0 Å². The Morgan fingerprint density at radius 1 is 0.943 bits per heavy atom. The molecule has 1 aromatic heterocycles. The van der Waals surface area contributed by atoms with Crippen molar-refractivity contribution in [3.63, 3.8) is 0 Å². The molecule has 0 bridgehead atoms. The van der Waals surface area contributed by atoms with E-state index in [4.69, 9.17) is 18.9 Å². The van der Waals surface area contributed by atoms with Crippen LogP contribution in [0.2, 0.25) is 0 Å². The molecule has 0 spiro atoms. The average Bonchev–Trinajstić information content (AvgIpc) is 3.23. The first-order valence-electron chi connectivity index (χ1n) is 12.3. The van der Waals surface area contributed by atoms with Gasteiger partial charge in [-0.1, -0.05) is 12.8 Å². The van der Waals surface area contributed by atoms with Crippen molar-refractivity contribution in [2.45, 2.75) is 99.6 Å². The Morgan fingerprint density at radius 2 is 1.54 bits per heavy atom. The minimum absolute atomic E-state index is 0.130. The minimum Gasteiger partial charge on any atom is -0.433 e. The lowest BCUT2D eigenvalue weighted by atomic mass is 9.98. The Bertz CT molecular complexity index is 1000. The van der Waals surface area contributed by atoms with E-state index in [1.54, 1.807) is 0 Å². The summed E-state index contributed by atoms with van der Waals surface area (Å²) in [6.45, 7) is -0.130. The second-order valence-corrected chi connectivity index (χ2v) is 10.7. The number of aromatic nitrogens is 2. The van der Waals surface area contributed by atoms with Crippen molar-refractivity contribution in [3.8, 4) is 0 Å². The Labute approximate surface area is 205 Å². The van der Waals surface area contributed by atoms with Crippen LogP contribution in [0, 0.1) is 5.82 Å². The van der Waals surface area contributed by atoms with E-state index in [9.17, 15) is 23.6 Å². The maximum absolute atomic E-state index is 13.8. The molecule has 3 atom stereocenters. The summed E-state index contributed by atoms with van der Waals surface area (Å²) in [4.78, 5) is 50.3. The van der Waals surface area contributed by atoms with Crippen LogP contribution in [0.4, 0.5) is 14.0 Å². The fourth-order valence-electron chi connectivity index (χ4n) is 4.79. The van der Waals surface area contributed by atoms with Gasteiger partial charge in [-0.25, -0.2) is 14.4 Å². The number of rotatable bonds is 6. The van der Waals surface area contributed by atoms with E-state index in [0.717, 1.165) is 75.0 Å². The van der Waals surface area contributed by atoms with Crippen LogP contribution in [0.3, 0.4) is 0 Å². The standard InChI is InChI=1S/C23H31FN2O8S/c24-16-12-26(21(28)25-20(16)27)19-11-17(34-23(30)33-15-9-5-2-6-10-15)18(35-19)13-31-22(29)32-14-7-3-1-4-8-14/h12,14-15,17-19H,1-11,13H2,(H,25,27,28)/t17-,18+,19+/m0/s1. The Balaban J connectivity index is 1.40. The first kappa shape index (κ1) is 25.6. The summed E-state index contributed by atoms with van der Waals surface area (Å²) < 4.78 is 36.6. The molecule has 3 aliphatic rings. The van der Waals surface area contributed by atoms with E-state index < -0.39 is 46.1 Å². The van der Waals surface area contributed by atoms with E-state index in [2.05, 4.69) is 0 Å². The van der Waals surface area contributed by atoms with Gasteiger partial charge in [0.15, 0.2) is 0 Å². The molecule has 0 radical (unpaired) electrons. The monoisotopic (exact) mass is 514 g/mol. The number of aromatic amines is 1. The SMILES string of the molecule is O=C(OC[C@H]1S[C@@H](n2cc(F)c(=O)[nH]c2=O)C[C@@H]1OC(=O)OC1CCCCC1)OC1CCCCC1. The van der Waals surface area contributed by atoms with Crippen molar-refractivity contribution >= 4 is 24.1 Å². The predicted molar refractivity (Wildman–Crippen MR) is 124 cm³/mol. The molecule has 4 rings (SSSR count). The van der Waals surface area contributed by atoms with Crippen LogP contribution in [-0.2, 0) is 18.9 Å². The summed E-state index contributed by atoms with van der Waals surface area (Å²) in [5, 5.41) is -1.19. The second kappa shape index (κ2) is 12.0. The fraction of sp³-hybridized carbons (Fsp3) is 0.739. The zero-order valence-corrected chi connectivity index (χ0v) is 20.3. The zero-order valence-electron chi connectivity index (χ0n) is 19.4. The number of nitrogens with zero attached hydrogens (tertiary/aromatic N) is 1. The number of halogens is 1. The van der Waals surface area contributed by atoms with E-state index in [1.807, 2.05) is 4.98 Å². The number of H-pyrrole nitrogens is 1. The van der Waals surface area contributed by atoms with Crippen molar-refractivity contribution in [2.75, 3.05) is 6.61 Å². The van der Waals surface area contributed by atoms with E-state index >= 15 is 0 Å². The van der Waals surface area contributed by atoms with Crippen LogP contribution in [0.25, 0.3) is 0 Å². The molecule has 0 aromatic carbocycles. The summed E-state index contributed by atoms with van der Waals surface area (Å²) in [5.74, 6) is -1.10. The highest BCUT2D eigenvalue weighted by Crippen LogP contribution is 2.43. The van der Waals surface area contributed by atoms with Gasteiger partial charge >= 0.3 is 18.0 Å². The van der Waals surface area contributed by atoms with Crippen LogP contribution >= 0.6 is 11.8 Å². The molecule has 35 heavy (non-hydrogen) atoms. The first-order valence-corrected chi connectivity index (χ1v) is 13.2. The van der Waals surface area contributed by atoms with Gasteiger partial charge in [0.1, 0.15) is 24.9 Å². The van der Waals surface area contributed by atoms with E-state index in [-0.39, 0.29) is 25.2 Å². The third-order valence-electron chi connectivity index (χ3n) is 6.66. The minimum atomic E-state index is -1.11. The number of nitrogens with one attached hydrogen (secondary N) is 1. The molecule has 2 heterocycles. The first-order chi connectivity index (χ1) is 16.9. The van der Waals surface area contributed by atoms with Crippen molar-refractivity contribution < 1.29 is 32.9 Å². The summed E-state index contributed by atoms with van der Waals surface area (Å²) >= 11 is 1.19. The number of ether oxygens (including phenoxy) is 4. The number of hydrogen-bond acceptors (Lipinski definition) is 9. The van der Waals surface area contributed by atoms with Crippen LogP contribution in [0.15, 0.2) is 15.8 Å². The smallest absolute Gasteiger partial charge is 0.433 e. The van der Waals surface area contributed by atoms with Crippen LogP contribution in [0.5, 0.6) is 0 Å². The van der Waals surface area contributed by atoms with Gasteiger partial charge in [0.2, 0.25) is 5.82 Å². The number of hydrogen-bond donors (Lipinski definition) is 1. The second-order valence-electron chi connectivity index (χ2n) is 9.23. The van der Waals surface area contributed by atoms with Gasteiger partial charge in [-0.15, -0.1) is 11.8 Å². The van der Waals surface area contributed by atoms with Gasteiger partial charge in [-0.2, -0.15) is 4.39 Å². The molecular formula is C23H31FN2O8S. The van der Waals surface area contributed by atoms with E-state index in [1.165, 1.54) is 11.8 Å². The van der Waals surface area contributed by atoms with Crippen molar-refractivity contribution in [1.29, 1.82) is 0 Å². The van der Waals surface area contributed by atoms with Crippen molar-refractivity contribution in [1.82, 2.24) is 9.55 Å². The van der Waals surface area contributed by atoms with Gasteiger partial charge < -0.3 is 18.9 Å². The third-order valence-corrected chi connectivity index (χ3v) is 8.18. The van der Waals surface area contributed by atoms with Gasteiger partial charge in [0, 0.05) is 6.42 Å². The molecule has 194 valence electrons. The lowest BCUT2D eigenvalue weighted by molar-refractivity contribution is -0.0205. The molecule has 3 fully saturated rings. The molecule has 12 heteroatoms. The zero-order chi connectivity index (χ0) is 24.8. The van der Waals surface area contributed by atoms with Gasteiger partial charge in [0.25, 0.3) is 5.56 Å². The molecule has 2 aliphatic carbocycles. The Kier molecular flexibility index (Phi) is 8.74. The number of thioether (sulfide) groups is 1. The molecule has 1 N–H and O–H groups in total. The molecule has 10 nitrogen and oxygen atoms in total. The lowest BCUT2D eigenvalue weighted by Crippen LogP contribution is -2.33. The van der Waals surface area contributed by atoms with Crippen LogP contribution in [-0.4, -0.2) is 52.0 Å².